The third-order valence-corrected chi connectivity index (χ3v) is 5.37. The van der Waals surface area contributed by atoms with Gasteiger partial charge in [0.2, 0.25) is 5.91 Å². The first-order chi connectivity index (χ1) is 14.9. The summed E-state index contributed by atoms with van der Waals surface area (Å²) in [7, 11) is 0. The molecule has 4 rings (SSSR count). The largest absolute Gasteiger partial charge is 0.354 e. The summed E-state index contributed by atoms with van der Waals surface area (Å²) in [5.41, 5.74) is 3.39. The maximum atomic E-state index is 13.1. The highest BCUT2D eigenvalue weighted by Gasteiger charge is 2.18. The number of carbonyl (C=O) groups excluding carboxylic acids is 1. The smallest absolute Gasteiger partial charge is 0.278 e. The number of aryl methyl sites for hydroxylation is 2. The van der Waals surface area contributed by atoms with E-state index in [0.717, 1.165) is 17.7 Å². The van der Waals surface area contributed by atoms with Gasteiger partial charge >= 0.3 is 0 Å². The number of nitrogens with zero attached hydrogens (tertiary/aromatic N) is 4. The van der Waals surface area contributed by atoms with Crippen LogP contribution in [-0.4, -0.2) is 32.0 Å². The molecule has 2 aromatic carbocycles. The molecule has 31 heavy (non-hydrogen) atoms. The first-order valence-corrected chi connectivity index (χ1v) is 10.4. The molecule has 0 bridgehead atoms. The molecule has 158 valence electrons. The monoisotopic (exact) mass is 435 g/mol. The Kier molecular flexibility index (Phi) is 5.86. The number of nitrogens with one attached hydrogen (secondary N) is 1. The predicted octanol–water partition coefficient (Wildman–Crippen LogP) is 3.21. The van der Waals surface area contributed by atoms with Crippen LogP contribution in [0.3, 0.4) is 0 Å². The molecule has 0 aliphatic heterocycles. The number of aromatic nitrogens is 4. The van der Waals surface area contributed by atoms with Crippen LogP contribution in [-0.2, 0) is 17.8 Å². The van der Waals surface area contributed by atoms with E-state index in [-0.39, 0.29) is 18.0 Å². The molecule has 0 radical (unpaired) electrons. The number of rotatable bonds is 6. The summed E-state index contributed by atoms with van der Waals surface area (Å²) in [5.74, 6) is -0.257. The Hall–Kier alpha value is -3.45. The molecule has 0 atom stereocenters. The molecule has 0 spiro atoms. The van der Waals surface area contributed by atoms with Crippen LogP contribution in [0.1, 0.15) is 17.0 Å². The minimum absolute atomic E-state index is 0.143. The van der Waals surface area contributed by atoms with E-state index < -0.39 is 0 Å². The summed E-state index contributed by atoms with van der Waals surface area (Å²) >= 11 is 5.98. The number of halogens is 1. The maximum absolute atomic E-state index is 13.1. The molecular formula is C23H22ClN5O2. The van der Waals surface area contributed by atoms with Gasteiger partial charge in [-0.2, -0.15) is 10.2 Å². The fraction of sp³-hybridized carbons (Fsp3) is 0.217. The van der Waals surface area contributed by atoms with E-state index in [2.05, 4.69) is 15.5 Å². The van der Waals surface area contributed by atoms with E-state index >= 15 is 0 Å². The molecule has 2 heterocycles. The summed E-state index contributed by atoms with van der Waals surface area (Å²) in [6, 6.07) is 17.1. The Morgan fingerprint density at radius 1 is 1.03 bits per heavy atom. The predicted molar refractivity (Wildman–Crippen MR) is 121 cm³/mol. The van der Waals surface area contributed by atoms with Gasteiger partial charge in [-0.1, -0.05) is 41.9 Å². The van der Waals surface area contributed by atoms with E-state index in [4.69, 9.17) is 11.6 Å². The molecule has 2 aromatic heterocycles. The van der Waals surface area contributed by atoms with Crippen molar-refractivity contribution < 1.29 is 4.79 Å². The lowest BCUT2D eigenvalue weighted by atomic mass is 10.1. The first-order valence-electron chi connectivity index (χ1n) is 9.97. The van der Waals surface area contributed by atoms with Crippen LogP contribution < -0.4 is 10.9 Å². The van der Waals surface area contributed by atoms with E-state index in [1.54, 1.807) is 23.7 Å². The van der Waals surface area contributed by atoms with Crippen LogP contribution in [0.2, 0.25) is 5.02 Å². The Morgan fingerprint density at radius 3 is 2.45 bits per heavy atom. The van der Waals surface area contributed by atoms with Gasteiger partial charge < -0.3 is 5.32 Å². The van der Waals surface area contributed by atoms with Gasteiger partial charge in [0.25, 0.3) is 5.56 Å². The zero-order valence-corrected chi connectivity index (χ0v) is 18.1. The number of fused-ring (bicyclic) bond motifs is 1. The third kappa shape index (κ3) is 4.36. The Balaban J connectivity index is 1.57. The van der Waals surface area contributed by atoms with Crippen LogP contribution in [0.5, 0.6) is 0 Å². The van der Waals surface area contributed by atoms with Gasteiger partial charge in [0.15, 0.2) is 0 Å². The molecular weight excluding hydrogens is 414 g/mol. The molecule has 0 saturated heterocycles. The van der Waals surface area contributed by atoms with E-state index in [1.807, 2.05) is 49.4 Å². The van der Waals surface area contributed by atoms with Crippen LogP contribution in [0, 0.1) is 13.8 Å². The van der Waals surface area contributed by atoms with Crippen molar-refractivity contribution in [2.24, 2.45) is 0 Å². The number of amides is 1. The maximum Gasteiger partial charge on any atom is 0.278 e. The van der Waals surface area contributed by atoms with Gasteiger partial charge in [0, 0.05) is 11.6 Å². The quantitative estimate of drug-likeness (QED) is 0.504. The van der Waals surface area contributed by atoms with E-state index in [1.165, 1.54) is 4.68 Å². The normalized spacial score (nSPS) is 11.1. The van der Waals surface area contributed by atoms with Gasteiger partial charge in [-0.25, -0.2) is 9.36 Å². The summed E-state index contributed by atoms with van der Waals surface area (Å²) in [6.07, 6.45) is 0.722. The van der Waals surface area contributed by atoms with Gasteiger partial charge in [-0.3, -0.25) is 9.59 Å². The van der Waals surface area contributed by atoms with Crippen molar-refractivity contribution >= 4 is 28.4 Å². The second kappa shape index (κ2) is 8.73. The number of carbonyl (C=O) groups is 1. The molecule has 0 aliphatic rings. The molecule has 1 N–H and O–H groups in total. The molecule has 0 fully saturated rings. The van der Waals surface area contributed by atoms with Gasteiger partial charge in [-0.05, 0) is 50.1 Å². The third-order valence-electron chi connectivity index (χ3n) is 5.12. The summed E-state index contributed by atoms with van der Waals surface area (Å²) in [6.45, 7) is 3.96. The summed E-state index contributed by atoms with van der Waals surface area (Å²) in [4.78, 5) is 25.5. The molecule has 0 saturated carbocycles. The summed E-state index contributed by atoms with van der Waals surface area (Å²) in [5, 5.41) is 12.8. The topological polar surface area (TPSA) is 81.8 Å². The minimum atomic E-state index is -0.337. The van der Waals surface area contributed by atoms with Crippen LogP contribution in [0.25, 0.3) is 16.6 Å². The summed E-state index contributed by atoms with van der Waals surface area (Å²) < 4.78 is 2.90. The van der Waals surface area contributed by atoms with Crippen molar-refractivity contribution in [3.8, 4) is 5.69 Å². The van der Waals surface area contributed by atoms with Gasteiger partial charge in [0.05, 0.1) is 22.5 Å². The SMILES string of the molecule is Cc1nn(CC(=O)NCCc2ccccc2)c(=O)c2c(C)n(-c3ccc(Cl)cc3)nc12. The lowest BCUT2D eigenvalue weighted by Gasteiger charge is -2.08. The Labute approximate surface area is 184 Å². The lowest BCUT2D eigenvalue weighted by molar-refractivity contribution is -0.121. The molecule has 1 amide bonds. The molecule has 8 heteroatoms. The zero-order valence-electron chi connectivity index (χ0n) is 17.3. The highest BCUT2D eigenvalue weighted by atomic mass is 35.5. The second-order valence-corrected chi connectivity index (χ2v) is 7.77. The van der Waals surface area contributed by atoms with Gasteiger partial charge in [-0.15, -0.1) is 0 Å². The average molecular weight is 436 g/mol. The number of hydrogen-bond acceptors (Lipinski definition) is 4. The van der Waals surface area contributed by atoms with Gasteiger partial charge in [0.1, 0.15) is 12.1 Å². The number of benzene rings is 2. The fourth-order valence-corrected chi connectivity index (χ4v) is 3.66. The standard InChI is InChI=1S/C23H22ClN5O2/c1-15-22-21(16(2)29(27-22)19-10-8-18(24)9-11-19)23(31)28(26-15)14-20(30)25-13-12-17-6-4-3-5-7-17/h3-11H,12-14H2,1-2H3,(H,25,30). The van der Waals surface area contributed by atoms with Crippen LogP contribution in [0.15, 0.2) is 59.4 Å². The number of hydrogen-bond donors (Lipinski definition) is 1. The van der Waals surface area contributed by atoms with E-state index in [9.17, 15) is 9.59 Å². The van der Waals surface area contributed by atoms with Crippen molar-refractivity contribution in [1.82, 2.24) is 24.9 Å². The van der Waals surface area contributed by atoms with Crippen molar-refractivity contribution in [3.05, 3.63) is 86.9 Å². The van der Waals surface area contributed by atoms with Crippen molar-refractivity contribution in [3.63, 3.8) is 0 Å². The van der Waals surface area contributed by atoms with E-state index in [0.29, 0.717) is 33.9 Å². The highest BCUT2D eigenvalue weighted by molar-refractivity contribution is 6.30. The zero-order chi connectivity index (χ0) is 22.0. The molecule has 4 aromatic rings. The average Bonchev–Trinajstić information content (AvgIpc) is 3.11. The molecule has 0 aliphatic carbocycles. The molecule has 7 nitrogen and oxygen atoms in total. The van der Waals surface area contributed by atoms with Crippen LogP contribution in [0.4, 0.5) is 0 Å². The van der Waals surface area contributed by atoms with Crippen molar-refractivity contribution in [1.29, 1.82) is 0 Å². The highest BCUT2D eigenvalue weighted by Crippen LogP contribution is 2.21. The lowest BCUT2D eigenvalue weighted by Crippen LogP contribution is -2.35. The van der Waals surface area contributed by atoms with Crippen molar-refractivity contribution in [2.75, 3.05) is 6.54 Å². The van der Waals surface area contributed by atoms with Crippen LogP contribution >= 0.6 is 11.6 Å². The second-order valence-electron chi connectivity index (χ2n) is 7.33. The Bertz CT molecular complexity index is 1290. The Morgan fingerprint density at radius 2 is 1.74 bits per heavy atom. The first kappa shape index (κ1) is 20.8. The minimum Gasteiger partial charge on any atom is -0.354 e. The fourth-order valence-electron chi connectivity index (χ4n) is 3.54. The molecule has 0 unspecified atom stereocenters. The van der Waals surface area contributed by atoms with Crippen molar-refractivity contribution in [2.45, 2.75) is 26.8 Å².